The lowest BCUT2D eigenvalue weighted by Gasteiger charge is -2.34. The molecule has 1 aliphatic heterocycles. The van der Waals surface area contributed by atoms with Crippen molar-refractivity contribution in [3.8, 4) is 0 Å². The molecule has 0 radical (unpaired) electrons. The molecule has 1 heterocycles. The summed E-state index contributed by atoms with van der Waals surface area (Å²) in [5.41, 5.74) is 0. The van der Waals surface area contributed by atoms with Crippen molar-refractivity contribution in [3.63, 3.8) is 0 Å². The van der Waals surface area contributed by atoms with Gasteiger partial charge in [0, 0.05) is 19.0 Å². The minimum absolute atomic E-state index is 0.257. The molecule has 1 saturated heterocycles. The Hall–Kier alpha value is -0.570. The van der Waals surface area contributed by atoms with E-state index in [0.29, 0.717) is 18.4 Å². The van der Waals surface area contributed by atoms with E-state index < -0.39 is 0 Å². The number of hydrogen-bond acceptors (Lipinski definition) is 2. The second-order valence-corrected chi connectivity index (χ2v) is 5.06. The number of rotatable bonds is 1. The number of β-amino-alcohol motifs (C(OH)–C–C–N with tert-alkyl or cyclic N) is 1. The molecular weight excluding hydrogens is 178 g/mol. The van der Waals surface area contributed by atoms with Crippen LogP contribution in [0.2, 0.25) is 0 Å². The van der Waals surface area contributed by atoms with E-state index in [4.69, 9.17) is 0 Å². The lowest BCUT2D eigenvalue weighted by molar-refractivity contribution is -0.137. The molecule has 1 amide bonds. The second-order valence-electron chi connectivity index (χ2n) is 5.06. The van der Waals surface area contributed by atoms with Crippen molar-refractivity contribution < 1.29 is 9.90 Å². The highest BCUT2D eigenvalue weighted by Gasteiger charge is 2.42. The number of likely N-dealkylation sites (tertiary alicyclic amines) is 1. The maximum absolute atomic E-state index is 11.9. The highest BCUT2D eigenvalue weighted by Crippen LogP contribution is 2.39. The van der Waals surface area contributed by atoms with Crippen LogP contribution in [0.3, 0.4) is 0 Å². The SMILES string of the molecule is CC1CC1C(=O)N1C[C@@H](C)C[C@@H](O)C1. The first-order valence-corrected chi connectivity index (χ1v) is 5.54. The molecule has 0 aromatic heterocycles. The summed E-state index contributed by atoms with van der Waals surface area (Å²) in [4.78, 5) is 13.7. The van der Waals surface area contributed by atoms with Gasteiger partial charge in [-0.15, -0.1) is 0 Å². The number of aliphatic hydroxyl groups excluding tert-OH is 1. The molecule has 14 heavy (non-hydrogen) atoms. The van der Waals surface area contributed by atoms with Crippen LogP contribution in [-0.2, 0) is 4.79 Å². The Balaban J connectivity index is 1.93. The van der Waals surface area contributed by atoms with Crippen LogP contribution in [0.5, 0.6) is 0 Å². The topological polar surface area (TPSA) is 40.5 Å². The monoisotopic (exact) mass is 197 g/mol. The number of aliphatic hydroxyl groups is 1. The molecule has 3 heteroatoms. The van der Waals surface area contributed by atoms with Crippen LogP contribution < -0.4 is 0 Å². The highest BCUT2D eigenvalue weighted by molar-refractivity contribution is 5.81. The third-order valence-electron chi connectivity index (χ3n) is 3.38. The first kappa shape index (κ1) is 9.97. The van der Waals surface area contributed by atoms with Gasteiger partial charge in [0.2, 0.25) is 5.91 Å². The predicted octanol–water partition coefficient (Wildman–Crippen LogP) is 0.872. The summed E-state index contributed by atoms with van der Waals surface area (Å²) < 4.78 is 0. The zero-order chi connectivity index (χ0) is 10.3. The molecule has 0 spiro atoms. The van der Waals surface area contributed by atoms with Crippen LogP contribution in [0.4, 0.5) is 0 Å². The molecular formula is C11H19NO2. The summed E-state index contributed by atoms with van der Waals surface area (Å²) in [5.74, 6) is 1.53. The van der Waals surface area contributed by atoms with E-state index >= 15 is 0 Å². The smallest absolute Gasteiger partial charge is 0.226 e. The van der Waals surface area contributed by atoms with Gasteiger partial charge in [-0.1, -0.05) is 13.8 Å². The van der Waals surface area contributed by atoms with Gasteiger partial charge < -0.3 is 10.0 Å². The molecule has 1 N–H and O–H groups in total. The summed E-state index contributed by atoms with van der Waals surface area (Å²) in [5, 5.41) is 9.57. The standard InChI is InChI=1S/C11H19NO2/c1-7-3-9(13)6-12(5-7)11(14)10-4-8(10)2/h7-10,13H,3-6H2,1-2H3/t7-,8?,9+,10?/m0/s1. The van der Waals surface area contributed by atoms with Crippen molar-refractivity contribution in [1.29, 1.82) is 0 Å². The molecule has 0 bridgehead atoms. The van der Waals surface area contributed by atoms with Crippen molar-refractivity contribution in [2.75, 3.05) is 13.1 Å². The second kappa shape index (κ2) is 3.54. The van der Waals surface area contributed by atoms with E-state index in [2.05, 4.69) is 13.8 Å². The summed E-state index contributed by atoms with van der Waals surface area (Å²) >= 11 is 0. The first-order chi connectivity index (χ1) is 6.58. The van der Waals surface area contributed by atoms with Gasteiger partial charge in [0.1, 0.15) is 0 Å². The molecule has 2 fully saturated rings. The first-order valence-electron chi connectivity index (χ1n) is 5.54. The van der Waals surface area contributed by atoms with Gasteiger partial charge in [0.25, 0.3) is 0 Å². The number of carbonyl (C=O) groups excluding carboxylic acids is 1. The van der Waals surface area contributed by atoms with Crippen LogP contribution in [0.15, 0.2) is 0 Å². The van der Waals surface area contributed by atoms with Gasteiger partial charge in [0.15, 0.2) is 0 Å². The largest absolute Gasteiger partial charge is 0.391 e. The minimum atomic E-state index is -0.309. The van der Waals surface area contributed by atoms with Crippen molar-refractivity contribution >= 4 is 5.91 Å². The zero-order valence-corrected chi connectivity index (χ0v) is 8.94. The molecule has 1 saturated carbocycles. The number of nitrogens with zero attached hydrogens (tertiary/aromatic N) is 1. The minimum Gasteiger partial charge on any atom is -0.391 e. The van der Waals surface area contributed by atoms with Crippen LogP contribution in [0.1, 0.15) is 26.7 Å². The number of hydrogen-bond donors (Lipinski definition) is 1. The molecule has 0 aromatic rings. The van der Waals surface area contributed by atoms with Crippen molar-refractivity contribution in [3.05, 3.63) is 0 Å². The van der Waals surface area contributed by atoms with E-state index in [0.717, 1.165) is 19.4 Å². The maximum Gasteiger partial charge on any atom is 0.226 e. The fraction of sp³-hybridized carbons (Fsp3) is 0.909. The lowest BCUT2D eigenvalue weighted by Crippen LogP contribution is -2.46. The summed E-state index contributed by atoms with van der Waals surface area (Å²) in [6.07, 6.45) is 1.57. The van der Waals surface area contributed by atoms with Crippen LogP contribution in [0, 0.1) is 17.8 Å². The summed E-state index contributed by atoms with van der Waals surface area (Å²) in [6, 6.07) is 0. The van der Waals surface area contributed by atoms with Gasteiger partial charge in [-0.25, -0.2) is 0 Å². The zero-order valence-electron chi connectivity index (χ0n) is 8.94. The van der Waals surface area contributed by atoms with E-state index in [1.165, 1.54) is 0 Å². The maximum atomic E-state index is 11.9. The highest BCUT2D eigenvalue weighted by atomic mass is 16.3. The molecule has 4 atom stereocenters. The number of amides is 1. The van der Waals surface area contributed by atoms with E-state index in [9.17, 15) is 9.90 Å². The fourth-order valence-electron chi connectivity index (χ4n) is 2.40. The average molecular weight is 197 g/mol. The normalized spacial score (nSPS) is 42.4. The molecule has 3 nitrogen and oxygen atoms in total. The van der Waals surface area contributed by atoms with E-state index in [-0.39, 0.29) is 17.9 Å². The Morgan fingerprint density at radius 3 is 2.43 bits per heavy atom. The molecule has 1 aliphatic carbocycles. The van der Waals surface area contributed by atoms with E-state index in [1.54, 1.807) is 0 Å². The van der Waals surface area contributed by atoms with Crippen molar-refractivity contribution in [1.82, 2.24) is 4.90 Å². The Morgan fingerprint density at radius 1 is 1.29 bits per heavy atom. The Labute approximate surface area is 85.1 Å². The Kier molecular flexibility index (Phi) is 2.52. The quantitative estimate of drug-likeness (QED) is 0.677. The van der Waals surface area contributed by atoms with Crippen LogP contribution in [-0.4, -0.2) is 35.1 Å². The van der Waals surface area contributed by atoms with E-state index in [1.807, 2.05) is 4.90 Å². The summed E-state index contributed by atoms with van der Waals surface area (Å²) in [7, 11) is 0. The van der Waals surface area contributed by atoms with Gasteiger partial charge in [-0.2, -0.15) is 0 Å². The molecule has 80 valence electrons. The number of piperidine rings is 1. The van der Waals surface area contributed by atoms with Gasteiger partial charge >= 0.3 is 0 Å². The summed E-state index contributed by atoms with van der Waals surface area (Å²) in [6.45, 7) is 5.59. The van der Waals surface area contributed by atoms with Crippen molar-refractivity contribution in [2.45, 2.75) is 32.8 Å². The van der Waals surface area contributed by atoms with Crippen LogP contribution >= 0.6 is 0 Å². The fourth-order valence-corrected chi connectivity index (χ4v) is 2.40. The average Bonchev–Trinajstić information content (AvgIpc) is 2.79. The number of carbonyl (C=O) groups is 1. The van der Waals surface area contributed by atoms with Gasteiger partial charge in [-0.3, -0.25) is 4.79 Å². The molecule has 2 rings (SSSR count). The lowest BCUT2D eigenvalue weighted by atomic mass is 9.97. The third kappa shape index (κ3) is 1.92. The van der Waals surface area contributed by atoms with Gasteiger partial charge in [-0.05, 0) is 24.7 Å². The Bertz CT molecular complexity index is 231. The Morgan fingerprint density at radius 2 is 1.93 bits per heavy atom. The van der Waals surface area contributed by atoms with Crippen LogP contribution in [0.25, 0.3) is 0 Å². The molecule has 0 aromatic carbocycles. The van der Waals surface area contributed by atoms with Crippen molar-refractivity contribution in [2.24, 2.45) is 17.8 Å². The van der Waals surface area contributed by atoms with Gasteiger partial charge in [0.05, 0.1) is 6.10 Å². The molecule has 2 aliphatic rings. The third-order valence-corrected chi connectivity index (χ3v) is 3.38. The molecule has 2 unspecified atom stereocenters. The predicted molar refractivity (Wildman–Crippen MR) is 53.6 cm³/mol.